The number of fused-ring (bicyclic) bond motifs is 2. The van der Waals surface area contributed by atoms with E-state index in [1.54, 1.807) is 0 Å². The van der Waals surface area contributed by atoms with Gasteiger partial charge in [-0.05, 0) is 70.7 Å². The lowest BCUT2D eigenvalue weighted by atomic mass is 9.66. The van der Waals surface area contributed by atoms with Crippen LogP contribution in [-0.2, 0) is 6.54 Å². The lowest BCUT2D eigenvalue weighted by molar-refractivity contribution is -0.907. The number of benzene rings is 1. The molecule has 2 aliphatic rings. The van der Waals surface area contributed by atoms with Gasteiger partial charge in [0.15, 0.2) is 0 Å². The first-order chi connectivity index (χ1) is 10.1. The van der Waals surface area contributed by atoms with Crippen molar-refractivity contribution < 1.29 is 28.5 Å². The molecule has 0 saturated heterocycles. The second kappa shape index (κ2) is 6.75. The maximum Gasteiger partial charge on any atom is 0.104 e. The summed E-state index contributed by atoms with van der Waals surface area (Å²) in [6, 6.07) is 9.07. The van der Waals surface area contributed by atoms with Gasteiger partial charge in [-0.2, -0.15) is 0 Å². The van der Waals surface area contributed by atoms with Crippen LogP contribution < -0.4 is 24.0 Å². The fourth-order valence-electron chi connectivity index (χ4n) is 5.39. The zero-order valence-electron chi connectivity index (χ0n) is 15.2. The van der Waals surface area contributed by atoms with Crippen molar-refractivity contribution in [3.8, 4) is 0 Å². The maximum absolute atomic E-state index is 2.58. The largest absolute Gasteiger partial charge is 1.00 e. The van der Waals surface area contributed by atoms with Gasteiger partial charge in [0, 0.05) is 15.1 Å². The molecule has 0 heterocycles. The summed E-state index contributed by atoms with van der Waals surface area (Å²) in [4.78, 5) is 0. The first kappa shape index (κ1) is 20.0. The molecule has 130 valence electrons. The molecular weight excluding hydrogens is 508 g/mol. The van der Waals surface area contributed by atoms with Gasteiger partial charge in [0.05, 0.1) is 20.6 Å². The van der Waals surface area contributed by atoms with Crippen LogP contribution in [0, 0.1) is 26.2 Å². The molecule has 2 fully saturated rings. The van der Waals surface area contributed by atoms with E-state index in [2.05, 4.69) is 81.7 Å². The highest BCUT2D eigenvalue weighted by atomic mass is 127. The molecular formula is C20H31I2N. The number of hydrogen-bond acceptors (Lipinski definition) is 0. The normalized spacial score (nSPS) is 31.9. The quantitative estimate of drug-likeness (QED) is 0.408. The average molecular weight is 539 g/mol. The summed E-state index contributed by atoms with van der Waals surface area (Å²) >= 11 is 2.39. The van der Waals surface area contributed by atoms with Crippen LogP contribution in [0.25, 0.3) is 0 Å². The van der Waals surface area contributed by atoms with Crippen molar-refractivity contribution >= 4 is 22.6 Å². The Balaban J connectivity index is 0.00000192. The molecule has 1 unspecified atom stereocenters. The number of rotatable bonds is 4. The molecule has 2 saturated carbocycles. The van der Waals surface area contributed by atoms with E-state index in [0.29, 0.717) is 10.8 Å². The van der Waals surface area contributed by atoms with Gasteiger partial charge in [-0.1, -0.05) is 32.9 Å². The molecule has 0 spiro atoms. The van der Waals surface area contributed by atoms with Gasteiger partial charge in [-0.25, -0.2) is 0 Å². The number of halogens is 2. The van der Waals surface area contributed by atoms with Crippen LogP contribution in [0.1, 0.15) is 45.6 Å². The summed E-state index contributed by atoms with van der Waals surface area (Å²) < 4.78 is 2.44. The molecule has 0 amide bonds. The number of quaternary nitrogens is 1. The monoisotopic (exact) mass is 539 g/mol. The fourth-order valence-corrected chi connectivity index (χ4v) is 5.75. The van der Waals surface area contributed by atoms with E-state index in [9.17, 15) is 0 Å². The summed E-state index contributed by atoms with van der Waals surface area (Å²) in [6.07, 6.45) is 4.36. The lowest BCUT2D eigenvalue weighted by Gasteiger charge is -2.43. The van der Waals surface area contributed by atoms with Crippen molar-refractivity contribution in [3.05, 3.63) is 33.4 Å². The van der Waals surface area contributed by atoms with Crippen molar-refractivity contribution in [1.82, 2.24) is 0 Å². The summed E-state index contributed by atoms with van der Waals surface area (Å²) in [6.45, 7) is 10.1. The molecule has 2 bridgehead atoms. The Hall–Kier alpha value is 0.640. The van der Waals surface area contributed by atoms with Gasteiger partial charge in [-0.15, -0.1) is 0 Å². The van der Waals surface area contributed by atoms with Crippen LogP contribution in [0.2, 0.25) is 0 Å². The average Bonchev–Trinajstić information content (AvgIpc) is 2.74. The molecule has 0 aromatic heterocycles. The van der Waals surface area contributed by atoms with E-state index in [1.165, 1.54) is 34.9 Å². The molecule has 2 aliphatic carbocycles. The topological polar surface area (TPSA) is 0 Å². The zero-order chi connectivity index (χ0) is 16.2. The molecule has 1 aromatic rings. The zero-order valence-corrected chi connectivity index (χ0v) is 19.5. The first-order valence-electron chi connectivity index (χ1n) is 8.70. The van der Waals surface area contributed by atoms with E-state index in [0.717, 1.165) is 22.9 Å². The van der Waals surface area contributed by atoms with E-state index in [4.69, 9.17) is 0 Å². The summed E-state index contributed by atoms with van der Waals surface area (Å²) in [5.41, 5.74) is 2.57. The van der Waals surface area contributed by atoms with Crippen molar-refractivity contribution in [2.45, 2.75) is 46.6 Å². The Bertz CT molecular complexity index is 549. The van der Waals surface area contributed by atoms with Crippen LogP contribution in [0.5, 0.6) is 0 Å². The van der Waals surface area contributed by atoms with Crippen LogP contribution in [0.3, 0.4) is 0 Å². The lowest BCUT2D eigenvalue weighted by Crippen LogP contribution is -3.00. The van der Waals surface area contributed by atoms with Gasteiger partial charge < -0.3 is 28.5 Å². The molecule has 0 N–H and O–H groups in total. The molecule has 3 atom stereocenters. The van der Waals surface area contributed by atoms with E-state index >= 15 is 0 Å². The van der Waals surface area contributed by atoms with Crippen molar-refractivity contribution in [2.75, 3.05) is 20.6 Å². The standard InChI is InChI=1S/C20H31IN.HI/c1-19(2)16-10-11-20(19,3)17(12-16)14-22(4,5)13-15-6-8-18(21)9-7-15;/h6-9,16-17H,10-14H2,1-5H3;1H/q+1;/p-1/t16-,17?,20+;/m1./s1. The fraction of sp³-hybridized carbons (Fsp3) is 0.700. The van der Waals surface area contributed by atoms with Gasteiger partial charge in [-0.3, -0.25) is 0 Å². The van der Waals surface area contributed by atoms with Crippen LogP contribution in [0.15, 0.2) is 24.3 Å². The minimum atomic E-state index is 0. The van der Waals surface area contributed by atoms with Gasteiger partial charge in [0.2, 0.25) is 0 Å². The van der Waals surface area contributed by atoms with Crippen LogP contribution >= 0.6 is 22.6 Å². The Morgan fingerprint density at radius 2 is 1.74 bits per heavy atom. The number of hydrogen-bond donors (Lipinski definition) is 0. The predicted octanol–water partition coefficient (Wildman–Crippen LogP) is 2.33. The molecule has 23 heavy (non-hydrogen) atoms. The molecule has 0 aliphatic heterocycles. The smallest absolute Gasteiger partial charge is 0.104 e. The third kappa shape index (κ3) is 3.62. The molecule has 1 nitrogen and oxygen atoms in total. The SMILES string of the molecule is CC1(C)[C@@H]2CC[C@@]1(C)C(C[N+](C)(C)Cc1ccc(I)cc1)C2.[I-]. The minimum Gasteiger partial charge on any atom is -1.00 e. The van der Waals surface area contributed by atoms with Crippen molar-refractivity contribution in [2.24, 2.45) is 22.7 Å². The van der Waals surface area contributed by atoms with Crippen LogP contribution in [-0.4, -0.2) is 25.1 Å². The maximum atomic E-state index is 2.58. The number of nitrogens with zero attached hydrogens (tertiary/aromatic N) is 1. The Labute approximate surface area is 173 Å². The van der Waals surface area contributed by atoms with Gasteiger partial charge in [0.1, 0.15) is 6.54 Å². The van der Waals surface area contributed by atoms with E-state index in [1.807, 2.05) is 0 Å². The van der Waals surface area contributed by atoms with Gasteiger partial charge in [0.25, 0.3) is 0 Å². The Morgan fingerprint density at radius 3 is 2.22 bits per heavy atom. The summed E-state index contributed by atoms with van der Waals surface area (Å²) in [7, 11) is 4.83. The van der Waals surface area contributed by atoms with E-state index in [-0.39, 0.29) is 24.0 Å². The second-order valence-electron chi connectivity index (χ2n) is 9.21. The molecule has 3 heteroatoms. The highest BCUT2D eigenvalue weighted by Crippen LogP contribution is 2.68. The van der Waals surface area contributed by atoms with Crippen molar-refractivity contribution in [1.29, 1.82) is 0 Å². The Kier molecular flexibility index (Phi) is 5.85. The third-order valence-electron chi connectivity index (χ3n) is 7.21. The first-order valence-corrected chi connectivity index (χ1v) is 9.78. The summed E-state index contributed by atoms with van der Waals surface area (Å²) in [5.74, 6) is 1.85. The van der Waals surface area contributed by atoms with Crippen LogP contribution in [0.4, 0.5) is 0 Å². The third-order valence-corrected chi connectivity index (χ3v) is 7.93. The molecule has 3 rings (SSSR count). The second-order valence-corrected chi connectivity index (χ2v) is 10.5. The molecule has 0 radical (unpaired) electrons. The molecule has 1 aromatic carbocycles. The van der Waals surface area contributed by atoms with E-state index < -0.39 is 0 Å². The predicted molar refractivity (Wildman–Crippen MR) is 103 cm³/mol. The summed E-state index contributed by atoms with van der Waals surface area (Å²) in [5, 5.41) is 0. The van der Waals surface area contributed by atoms with Crippen molar-refractivity contribution in [3.63, 3.8) is 0 Å². The highest BCUT2D eigenvalue weighted by Gasteiger charge is 2.62. The Morgan fingerprint density at radius 1 is 1.13 bits per heavy atom. The highest BCUT2D eigenvalue weighted by molar-refractivity contribution is 14.1. The minimum absolute atomic E-state index is 0. The van der Waals surface area contributed by atoms with Gasteiger partial charge >= 0.3 is 0 Å².